The minimum atomic E-state index is -3.82. The lowest BCUT2D eigenvalue weighted by atomic mass is 10.1. The Morgan fingerprint density at radius 1 is 1.07 bits per heavy atom. The van der Waals surface area contributed by atoms with E-state index < -0.39 is 10.0 Å². The van der Waals surface area contributed by atoms with E-state index in [-0.39, 0.29) is 35.2 Å². The Labute approximate surface area is 161 Å². The van der Waals surface area contributed by atoms with Gasteiger partial charge < -0.3 is 9.32 Å². The average Bonchev–Trinajstić information content (AvgIpc) is 3.28. The van der Waals surface area contributed by atoms with Gasteiger partial charge in [-0.2, -0.15) is 4.31 Å². The summed E-state index contributed by atoms with van der Waals surface area (Å²) < 4.78 is 38.1. The molecule has 0 spiro atoms. The van der Waals surface area contributed by atoms with Crippen LogP contribution >= 0.6 is 0 Å². The molecule has 0 radical (unpaired) electrons. The Morgan fingerprint density at radius 2 is 1.86 bits per heavy atom. The highest BCUT2D eigenvalue weighted by molar-refractivity contribution is 7.89. The van der Waals surface area contributed by atoms with E-state index in [1.54, 1.807) is 30.0 Å². The van der Waals surface area contributed by atoms with Crippen molar-refractivity contribution in [2.24, 2.45) is 0 Å². The van der Waals surface area contributed by atoms with E-state index in [2.05, 4.69) is 10.3 Å². The number of hydrogen-bond acceptors (Lipinski definition) is 7. The van der Waals surface area contributed by atoms with Crippen molar-refractivity contribution in [2.75, 3.05) is 26.2 Å². The lowest BCUT2D eigenvalue weighted by Gasteiger charge is -2.22. The molecule has 1 saturated heterocycles. The van der Waals surface area contributed by atoms with E-state index in [1.165, 1.54) is 10.6 Å². The minimum absolute atomic E-state index is 0.111. The first kappa shape index (κ1) is 18.6. The highest BCUT2D eigenvalue weighted by Crippen LogP contribution is 2.30. The first-order valence-corrected chi connectivity index (χ1v) is 10.4. The molecule has 28 heavy (non-hydrogen) atoms. The predicted octanol–water partition coefficient (Wildman–Crippen LogP) is 1.97. The van der Waals surface area contributed by atoms with Crippen LogP contribution in [0.2, 0.25) is 0 Å². The summed E-state index contributed by atoms with van der Waals surface area (Å²) in [6.45, 7) is 4.81. The Kier molecular flexibility index (Phi) is 4.68. The van der Waals surface area contributed by atoms with E-state index in [4.69, 9.17) is 9.05 Å². The third-order valence-electron chi connectivity index (χ3n) is 4.94. The van der Waals surface area contributed by atoms with Crippen LogP contribution in [0.3, 0.4) is 0 Å². The molecular weight excluding hydrogens is 384 g/mol. The molecule has 1 aliphatic rings. The van der Waals surface area contributed by atoms with Crippen LogP contribution in [0.15, 0.2) is 38.4 Å². The highest BCUT2D eigenvalue weighted by atomic mass is 32.2. The Balaban J connectivity index is 1.63. The van der Waals surface area contributed by atoms with Crippen LogP contribution in [0.1, 0.15) is 28.1 Å². The molecule has 3 heterocycles. The summed E-state index contributed by atoms with van der Waals surface area (Å²) >= 11 is 0. The first-order valence-electron chi connectivity index (χ1n) is 8.95. The van der Waals surface area contributed by atoms with Crippen LogP contribution < -0.4 is 0 Å². The van der Waals surface area contributed by atoms with Crippen molar-refractivity contribution in [3.63, 3.8) is 0 Å². The molecule has 4 rings (SSSR count). The molecule has 10 heteroatoms. The zero-order valence-electron chi connectivity index (χ0n) is 15.6. The number of aromatic nitrogens is 2. The number of benzene rings is 1. The fraction of sp³-hybridized carbons (Fsp3) is 0.389. The van der Waals surface area contributed by atoms with Gasteiger partial charge in [-0.25, -0.2) is 13.0 Å². The van der Waals surface area contributed by atoms with Crippen LogP contribution in [0, 0.1) is 13.8 Å². The summed E-state index contributed by atoms with van der Waals surface area (Å²) in [7, 11) is -3.82. The van der Waals surface area contributed by atoms with E-state index in [0.717, 1.165) is 5.56 Å². The van der Waals surface area contributed by atoms with Crippen LogP contribution in [-0.4, -0.2) is 60.0 Å². The summed E-state index contributed by atoms with van der Waals surface area (Å²) in [5.41, 5.74) is 2.08. The van der Waals surface area contributed by atoms with Crippen LogP contribution in [-0.2, 0) is 10.0 Å². The van der Waals surface area contributed by atoms with Gasteiger partial charge in [-0.1, -0.05) is 6.07 Å². The number of rotatable bonds is 3. The average molecular weight is 404 g/mol. The molecule has 0 saturated carbocycles. The molecule has 1 aromatic carbocycles. The van der Waals surface area contributed by atoms with Crippen molar-refractivity contribution in [3.05, 3.63) is 41.3 Å². The summed E-state index contributed by atoms with van der Waals surface area (Å²) in [4.78, 5) is 14.2. The Hall–Kier alpha value is -2.72. The third kappa shape index (κ3) is 3.08. The van der Waals surface area contributed by atoms with Gasteiger partial charge in [0.25, 0.3) is 5.91 Å². The number of hydrogen-bond donors (Lipinski definition) is 0. The zero-order valence-corrected chi connectivity index (χ0v) is 16.4. The van der Waals surface area contributed by atoms with Gasteiger partial charge >= 0.3 is 0 Å². The van der Waals surface area contributed by atoms with Crippen molar-refractivity contribution >= 4 is 27.0 Å². The fourth-order valence-corrected chi connectivity index (χ4v) is 5.38. The number of carbonyl (C=O) groups is 1. The number of furan rings is 1. The van der Waals surface area contributed by atoms with Gasteiger partial charge in [0.1, 0.15) is 10.4 Å². The van der Waals surface area contributed by atoms with Crippen molar-refractivity contribution in [1.29, 1.82) is 0 Å². The van der Waals surface area contributed by atoms with E-state index in [1.807, 2.05) is 6.92 Å². The third-order valence-corrected chi connectivity index (χ3v) is 7.02. The molecule has 3 aromatic rings. The van der Waals surface area contributed by atoms with Gasteiger partial charge in [0.15, 0.2) is 11.3 Å². The van der Waals surface area contributed by atoms with Gasteiger partial charge in [0.2, 0.25) is 10.0 Å². The molecule has 1 fully saturated rings. The standard InChI is InChI=1S/C18H20N4O5S/c1-12-11-13(2)17(16-15(12)19-27-20-16)28(24,25)22-7-4-6-21(8-9-22)18(23)14-5-3-10-26-14/h3,5,10-11H,4,6-9H2,1-2H3. The zero-order chi connectivity index (χ0) is 19.9. The highest BCUT2D eigenvalue weighted by Gasteiger charge is 2.33. The van der Waals surface area contributed by atoms with E-state index >= 15 is 0 Å². The van der Waals surface area contributed by atoms with Gasteiger partial charge in [0, 0.05) is 26.2 Å². The number of fused-ring (bicyclic) bond motifs is 1. The summed E-state index contributed by atoms with van der Waals surface area (Å²) in [6, 6.07) is 5.02. The molecule has 0 bridgehead atoms. The number of amides is 1. The molecule has 1 aliphatic heterocycles. The summed E-state index contributed by atoms with van der Waals surface area (Å²) in [5, 5.41) is 7.66. The topological polar surface area (TPSA) is 110 Å². The normalized spacial score (nSPS) is 16.4. The quantitative estimate of drug-likeness (QED) is 0.656. The number of nitrogens with zero attached hydrogens (tertiary/aromatic N) is 4. The number of sulfonamides is 1. The molecule has 1 amide bonds. The lowest BCUT2D eigenvalue weighted by molar-refractivity contribution is 0.0732. The van der Waals surface area contributed by atoms with Crippen molar-refractivity contribution < 1.29 is 22.3 Å². The second-order valence-electron chi connectivity index (χ2n) is 6.83. The van der Waals surface area contributed by atoms with Crippen LogP contribution in [0.4, 0.5) is 0 Å². The maximum atomic E-state index is 13.4. The number of carbonyl (C=O) groups excluding carboxylic acids is 1. The van der Waals surface area contributed by atoms with Crippen LogP contribution in [0.25, 0.3) is 11.0 Å². The Morgan fingerprint density at radius 3 is 2.61 bits per heavy atom. The van der Waals surface area contributed by atoms with Crippen molar-refractivity contribution in [2.45, 2.75) is 25.2 Å². The molecular formula is C18H20N4O5S. The smallest absolute Gasteiger partial charge is 0.289 e. The molecule has 0 N–H and O–H groups in total. The SMILES string of the molecule is Cc1cc(C)c2nonc2c1S(=O)(=O)N1CCCN(C(=O)c2ccco2)CC1. The molecule has 0 unspecified atom stereocenters. The van der Waals surface area contributed by atoms with E-state index in [9.17, 15) is 13.2 Å². The molecule has 2 aromatic heterocycles. The molecule has 0 aliphatic carbocycles. The summed E-state index contributed by atoms with van der Waals surface area (Å²) in [5.74, 6) is 0.0138. The van der Waals surface area contributed by atoms with E-state index in [0.29, 0.717) is 30.6 Å². The second-order valence-corrected chi connectivity index (χ2v) is 8.70. The summed E-state index contributed by atoms with van der Waals surface area (Å²) in [6.07, 6.45) is 1.97. The maximum Gasteiger partial charge on any atom is 0.289 e. The molecule has 9 nitrogen and oxygen atoms in total. The lowest BCUT2D eigenvalue weighted by Crippen LogP contribution is -2.37. The van der Waals surface area contributed by atoms with Gasteiger partial charge in [-0.05, 0) is 53.8 Å². The predicted molar refractivity (Wildman–Crippen MR) is 99.3 cm³/mol. The maximum absolute atomic E-state index is 13.4. The van der Waals surface area contributed by atoms with Gasteiger partial charge in [0.05, 0.1) is 6.26 Å². The second kappa shape index (κ2) is 7.02. The van der Waals surface area contributed by atoms with Gasteiger partial charge in [-0.3, -0.25) is 4.79 Å². The van der Waals surface area contributed by atoms with Crippen LogP contribution in [0.5, 0.6) is 0 Å². The molecule has 0 atom stereocenters. The minimum Gasteiger partial charge on any atom is -0.459 e. The van der Waals surface area contributed by atoms with Gasteiger partial charge in [-0.15, -0.1) is 0 Å². The monoisotopic (exact) mass is 404 g/mol. The number of aryl methyl sites for hydroxylation is 2. The van der Waals surface area contributed by atoms with Crippen molar-refractivity contribution in [1.82, 2.24) is 19.5 Å². The first-order chi connectivity index (χ1) is 13.4. The molecule has 148 valence electrons. The Bertz CT molecular complexity index is 1120. The largest absolute Gasteiger partial charge is 0.459 e. The van der Waals surface area contributed by atoms with Crippen molar-refractivity contribution in [3.8, 4) is 0 Å². The fourth-order valence-electron chi connectivity index (χ4n) is 3.59.